The third-order valence-corrected chi connectivity index (χ3v) is 13.6. The maximum absolute atomic E-state index is 10.2. The van der Waals surface area contributed by atoms with Gasteiger partial charge in [-0.1, -0.05) is 5.16 Å². The van der Waals surface area contributed by atoms with Gasteiger partial charge in [0.05, 0.1) is 36.1 Å². The summed E-state index contributed by atoms with van der Waals surface area (Å²) >= 11 is 1.57. The molecule has 3 aromatic heterocycles. The van der Waals surface area contributed by atoms with Crippen LogP contribution in [0.2, 0.25) is 0 Å². The lowest BCUT2D eigenvalue weighted by atomic mass is 9.62. The molecule has 3 fully saturated rings. The minimum atomic E-state index is -0.370. The topological polar surface area (TPSA) is 130 Å². The van der Waals surface area contributed by atoms with Gasteiger partial charge >= 0.3 is 0 Å². The zero-order valence-corrected chi connectivity index (χ0v) is 29.0. The third-order valence-electron chi connectivity index (χ3n) is 12.5. The van der Waals surface area contributed by atoms with E-state index in [-0.39, 0.29) is 23.1 Å². The van der Waals surface area contributed by atoms with Crippen molar-refractivity contribution in [3.8, 4) is 23.5 Å². The van der Waals surface area contributed by atoms with Crippen LogP contribution in [0.3, 0.4) is 0 Å². The summed E-state index contributed by atoms with van der Waals surface area (Å²) in [7, 11) is 0. The number of nitriles is 1. The summed E-state index contributed by atoms with van der Waals surface area (Å²) in [6.45, 7) is 9.79. The molecule has 2 N–H and O–H groups in total. The Hall–Kier alpha value is -3.40. The fourth-order valence-electron chi connectivity index (χ4n) is 10.2. The number of anilines is 3. The lowest BCUT2D eigenvalue weighted by Crippen LogP contribution is -2.50. The molecule has 0 amide bonds. The van der Waals surface area contributed by atoms with Crippen molar-refractivity contribution < 1.29 is 14.0 Å². The molecule has 0 radical (unpaired) electrons. The average molecular weight is 671 g/mol. The van der Waals surface area contributed by atoms with Crippen molar-refractivity contribution in [2.75, 3.05) is 55.1 Å². The van der Waals surface area contributed by atoms with E-state index in [1.807, 2.05) is 0 Å². The minimum Gasteiger partial charge on any atom is -0.471 e. The molecule has 3 atom stereocenters. The van der Waals surface area contributed by atoms with Crippen molar-refractivity contribution in [1.29, 1.82) is 5.26 Å². The van der Waals surface area contributed by atoms with Crippen molar-refractivity contribution in [3.05, 3.63) is 27.3 Å². The van der Waals surface area contributed by atoms with Gasteiger partial charge in [-0.05, 0) is 110 Å². The van der Waals surface area contributed by atoms with Crippen molar-refractivity contribution in [2.45, 2.75) is 114 Å². The number of hydrogen-bond donors (Lipinski definition) is 1. The van der Waals surface area contributed by atoms with Gasteiger partial charge in [-0.15, -0.1) is 11.3 Å². The zero-order valence-electron chi connectivity index (χ0n) is 28.2. The van der Waals surface area contributed by atoms with Crippen LogP contribution in [0, 0.1) is 11.3 Å². The average Bonchev–Trinajstić information content (AvgIpc) is 3.92. The van der Waals surface area contributed by atoms with Crippen molar-refractivity contribution in [1.82, 2.24) is 20.0 Å². The molecule has 6 aliphatic rings. The second-order valence-corrected chi connectivity index (χ2v) is 15.9. The van der Waals surface area contributed by atoms with E-state index >= 15 is 0 Å². The summed E-state index contributed by atoms with van der Waals surface area (Å²) in [6, 6.07) is 2.68. The van der Waals surface area contributed by atoms with E-state index in [0.717, 1.165) is 125 Å². The first-order valence-electron chi connectivity index (χ1n) is 18.2. The fraction of sp³-hybridized carbons (Fsp3) is 0.667. The van der Waals surface area contributed by atoms with Crippen molar-refractivity contribution in [3.63, 3.8) is 0 Å². The maximum Gasteiger partial charge on any atom is 0.244 e. The number of thiophene rings is 1. The zero-order chi connectivity index (χ0) is 32.6. The SMILES string of the molecule is CCN1CN([C@@H]2CCCOC2)c2nc(-c3onc4c3CCC[C@@]43CCCc4sc(N)c(C#N)c43)nc(O[C@@H](C)C34CCCN3CCC4)c21. The molecule has 1 spiro atoms. The Morgan fingerprint density at radius 1 is 1.10 bits per heavy atom. The van der Waals surface area contributed by atoms with Gasteiger partial charge in [0.2, 0.25) is 17.5 Å². The Bertz CT molecular complexity index is 1760. The summed E-state index contributed by atoms with van der Waals surface area (Å²) in [4.78, 5) is 19.2. The maximum atomic E-state index is 10.2. The summed E-state index contributed by atoms with van der Waals surface area (Å²) in [5.41, 5.74) is 10.8. The number of hydrogen-bond acceptors (Lipinski definition) is 12. The molecule has 12 heteroatoms. The van der Waals surface area contributed by atoms with Crippen LogP contribution in [-0.4, -0.2) is 77.2 Å². The summed E-state index contributed by atoms with van der Waals surface area (Å²) in [5, 5.41) is 15.6. The number of ether oxygens (including phenoxy) is 2. The number of aromatic nitrogens is 3. The molecule has 0 unspecified atom stereocenters. The van der Waals surface area contributed by atoms with Crippen LogP contribution in [0.25, 0.3) is 11.6 Å². The summed E-state index contributed by atoms with van der Waals surface area (Å²) in [6.07, 6.45) is 12.5. The van der Waals surface area contributed by atoms with E-state index in [1.165, 1.54) is 17.7 Å². The molecule has 7 heterocycles. The Labute approximate surface area is 286 Å². The highest BCUT2D eigenvalue weighted by atomic mass is 32.1. The highest BCUT2D eigenvalue weighted by Crippen LogP contribution is 2.55. The van der Waals surface area contributed by atoms with Gasteiger partial charge in [0.15, 0.2) is 5.82 Å². The second-order valence-electron chi connectivity index (χ2n) is 14.8. The van der Waals surface area contributed by atoms with Gasteiger partial charge in [0, 0.05) is 29.0 Å². The first-order valence-corrected chi connectivity index (χ1v) is 19.0. The second kappa shape index (κ2) is 11.6. The van der Waals surface area contributed by atoms with Gasteiger partial charge in [0.25, 0.3) is 0 Å². The smallest absolute Gasteiger partial charge is 0.244 e. The van der Waals surface area contributed by atoms with Gasteiger partial charge in [0.1, 0.15) is 22.9 Å². The molecule has 4 aliphatic heterocycles. The first kappa shape index (κ1) is 30.6. The van der Waals surface area contributed by atoms with Gasteiger partial charge < -0.3 is 29.5 Å². The van der Waals surface area contributed by atoms with Gasteiger partial charge in [-0.2, -0.15) is 10.2 Å². The fourth-order valence-corrected chi connectivity index (χ4v) is 11.4. The minimum absolute atomic E-state index is 0.0128. The number of fused-ring (bicyclic) bond motifs is 6. The summed E-state index contributed by atoms with van der Waals surface area (Å²) < 4.78 is 19.4. The lowest BCUT2D eigenvalue weighted by molar-refractivity contribution is 0.0441. The molecular formula is C36H46N8O3S. The molecule has 3 aromatic rings. The van der Waals surface area contributed by atoms with E-state index in [0.29, 0.717) is 34.6 Å². The van der Waals surface area contributed by atoms with Crippen molar-refractivity contribution in [2.24, 2.45) is 0 Å². The van der Waals surface area contributed by atoms with Gasteiger partial charge in [-0.25, -0.2) is 4.98 Å². The van der Waals surface area contributed by atoms with Crippen LogP contribution < -0.4 is 20.3 Å². The van der Waals surface area contributed by atoms with Gasteiger partial charge in [-0.3, -0.25) is 4.90 Å². The van der Waals surface area contributed by atoms with E-state index in [4.69, 9.17) is 34.9 Å². The molecule has 0 saturated carbocycles. The molecule has 9 rings (SSSR count). The molecule has 48 heavy (non-hydrogen) atoms. The number of rotatable bonds is 6. The molecule has 11 nitrogen and oxygen atoms in total. The van der Waals surface area contributed by atoms with E-state index in [9.17, 15) is 5.26 Å². The third kappa shape index (κ3) is 4.39. The van der Waals surface area contributed by atoms with E-state index in [1.54, 1.807) is 11.3 Å². The predicted octanol–water partition coefficient (Wildman–Crippen LogP) is 5.78. The molecule has 254 valence electrons. The number of nitrogen functional groups attached to an aromatic ring is 1. The standard InChI is InChI=1S/C36H46N8O3S/c1-3-42-21-44(23-9-6-18-45-20-23)33-28(42)34(46-22(2)36-14-7-16-43(36)17-8-15-36)40-32(39-33)29-24-10-4-12-35(30(24)41-47-29)13-5-11-26-27(35)25(19-37)31(38)48-26/h22-23H,3-18,20-21,38H2,1-2H3/t22-,23+,35-/m0/s1. The molecule has 2 aliphatic carbocycles. The highest BCUT2D eigenvalue weighted by Gasteiger charge is 2.51. The summed E-state index contributed by atoms with van der Waals surface area (Å²) in [5.74, 6) is 2.72. The molecule has 0 bridgehead atoms. The predicted molar refractivity (Wildman–Crippen MR) is 185 cm³/mol. The molecule has 3 saturated heterocycles. The normalized spacial score (nSPS) is 26.6. The first-order chi connectivity index (χ1) is 23.5. The Morgan fingerprint density at radius 3 is 2.67 bits per heavy atom. The number of nitrogens with zero attached hydrogens (tertiary/aromatic N) is 7. The monoisotopic (exact) mass is 670 g/mol. The highest BCUT2D eigenvalue weighted by molar-refractivity contribution is 7.16. The lowest BCUT2D eigenvalue weighted by Gasteiger charge is -2.39. The van der Waals surface area contributed by atoms with Crippen molar-refractivity contribution >= 4 is 27.8 Å². The molecular weight excluding hydrogens is 625 g/mol. The van der Waals surface area contributed by atoms with Crippen LogP contribution in [0.1, 0.15) is 105 Å². The van der Waals surface area contributed by atoms with Crippen LogP contribution >= 0.6 is 11.3 Å². The quantitative estimate of drug-likeness (QED) is 0.342. The van der Waals surface area contributed by atoms with Crippen LogP contribution in [0.15, 0.2) is 4.52 Å². The van der Waals surface area contributed by atoms with Crippen LogP contribution in [0.5, 0.6) is 5.88 Å². The van der Waals surface area contributed by atoms with E-state index < -0.39 is 0 Å². The van der Waals surface area contributed by atoms with Crippen LogP contribution in [-0.2, 0) is 23.0 Å². The largest absolute Gasteiger partial charge is 0.471 e. The van der Waals surface area contributed by atoms with Crippen LogP contribution in [0.4, 0.5) is 16.5 Å². The van der Waals surface area contributed by atoms with E-state index in [2.05, 4.69) is 34.6 Å². The number of nitrogens with two attached hydrogens (primary N) is 1. The molecule has 0 aromatic carbocycles. The Balaban J connectivity index is 1.18. The number of aryl methyl sites for hydroxylation is 1. The Kier molecular flexibility index (Phi) is 7.40. The Morgan fingerprint density at radius 2 is 1.92 bits per heavy atom.